The van der Waals surface area contributed by atoms with E-state index in [0.717, 1.165) is 6.42 Å². The van der Waals surface area contributed by atoms with Crippen molar-refractivity contribution in [2.75, 3.05) is 0 Å². The standard InChI is InChI=1S/C8H12BrNS/c1-2-7(9)3-4-8-10-5-6-11-8/h5-7H,2-4H2,1H3. The largest absolute Gasteiger partial charge is 0.250 e. The van der Waals surface area contributed by atoms with E-state index in [0.29, 0.717) is 4.83 Å². The molecule has 1 heterocycles. The van der Waals surface area contributed by atoms with Crippen LogP contribution in [0.3, 0.4) is 0 Å². The SMILES string of the molecule is CCC(Br)CCc1nccs1. The molecule has 0 aliphatic carbocycles. The monoisotopic (exact) mass is 233 g/mol. The summed E-state index contributed by atoms with van der Waals surface area (Å²) < 4.78 is 0. The summed E-state index contributed by atoms with van der Waals surface area (Å²) in [6, 6.07) is 0. The second-order valence-corrected chi connectivity index (χ2v) is 4.74. The molecule has 0 fully saturated rings. The van der Waals surface area contributed by atoms with Crippen molar-refractivity contribution in [3.05, 3.63) is 16.6 Å². The minimum Gasteiger partial charge on any atom is -0.250 e. The molecule has 0 saturated carbocycles. The molecule has 0 amide bonds. The average Bonchev–Trinajstić information content (AvgIpc) is 2.52. The first-order valence-electron chi connectivity index (χ1n) is 3.85. The Morgan fingerprint density at radius 3 is 3.09 bits per heavy atom. The maximum Gasteiger partial charge on any atom is 0.0925 e. The maximum atomic E-state index is 4.22. The van der Waals surface area contributed by atoms with E-state index in [4.69, 9.17) is 0 Å². The van der Waals surface area contributed by atoms with Crippen LogP contribution in [0.5, 0.6) is 0 Å². The van der Waals surface area contributed by atoms with E-state index < -0.39 is 0 Å². The van der Waals surface area contributed by atoms with Gasteiger partial charge in [-0.3, -0.25) is 0 Å². The Hall–Kier alpha value is 0.110. The number of rotatable bonds is 4. The van der Waals surface area contributed by atoms with E-state index in [-0.39, 0.29) is 0 Å². The number of aryl methyl sites for hydroxylation is 1. The predicted octanol–water partition coefficient (Wildman–Crippen LogP) is 3.25. The highest BCUT2D eigenvalue weighted by molar-refractivity contribution is 9.09. The number of hydrogen-bond acceptors (Lipinski definition) is 2. The molecule has 1 unspecified atom stereocenters. The normalized spacial score (nSPS) is 13.3. The second-order valence-electron chi connectivity index (χ2n) is 2.47. The Morgan fingerprint density at radius 1 is 1.73 bits per heavy atom. The van der Waals surface area contributed by atoms with Crippen LogP contribution >= 0.6 is 27.3 Å². The third-order valence-corrected chi connectivity index (χ3v) is 3.54. The molecule has 1 nitrogen and oxygen atoms in total. The highest BCUT2D eigenvalue weighted by Crippen LogP contribution is 2.14. The molecular formula is C8H12BrNS. The lowest BCUT2D eigenvalue weighted by Gasteiger charge is -2.02. The van der Waals surface area contributed by atoms with Crippen molar-refractivity contribution in [3.63, 3.8) is 0 Å². The fourth-order valence-electron chi connectivity index (χ4n) is 0.861. The number of hydrogen-bond donors (Lipinski definition) is 0. The maximum absolute atomic E-state index is 4.22. The van der Waals surface area contributed by atoms with Crippen LogP contribution in [-0.2, 0) is 6.42 Å². The van der Waals surface area contributed by atoms with Crippen LogP contribution in [0.2, 0.25) is 0 Å². The van der Waals surface area contributed by atoms with Gasteiger partial charge in [0.05, 0.1) is 5.01 Å². The predicted molar refractivity (Wildman–Crippen MR) is 53.4 cm³/mol. The Kier molecular flexibility index (Phi) is 4.08. The van der Waals surface area contributed by atoms with E-state index in [1.54, 1.807) is 11.3 Å². The van der Waals surface area contributed by atoms with E-state index >= 15 is 0 Å². The molecule has 0 saturated heterocycles. The van der Waals surface area contributed by atoms with Crippen molar-refractivity contribution in [2.24, 2.45) is 0 Å². The molecule has 0 spiro atoms. The van der Waals surface area contributed by atoms with Crippen molar-refractivity contribution in [3.8, 4) is 0 Å². The minimum absolute atomic E-state index is 0.659. The first kappa shape index (κ1) is 9.20. The van der Waals surface area contributed by atoms with Crippen molar-refractivity contribution in [1.29, 1.82) is 0 Å². The van der Waals surface area contributed by atoms with Gasteiger partial charge in [0.2, 0.25) is 0 Å². The fraction of sp³-hybridized carbons (Fsp3) is 0.625. The number of halogens is 1. The number of aromatic nitrogens is 1. The van der Waals surface area contributed by atoms with Gasteiger partial charge in [0.15, 0.2) is 0 Å². The van der Waals surface area contributed by atoms with E-state index in [1.165, 1.54) is 17.8 Å². The van der Waals surface area contributed by atoms with Crippen molar-refractivity contribution in [2.45, 2.75) is 31.0 Å². The highest BCUT2D eigenvalue weighted by atomic mass is 79.9. The number of alkyl halides is 1. The molecule has 0 bridgehead atoms. The summed E-state index contributed by atoms with van der Waals surface area (Å²) in [5.74, 6) is 0. The van der Waals surface area contributed by atoms with Crippen LogP contribution < -0.4 is 0 Å². The topological polar surface area (TPSA) is 12.9 Å². The molecule has 1 rings (SSSR count). The van der Waals surface area contributed by atoms with Gasteiger partial charge < -0.3 is 0 Å². The van der Waals surface area contributed by atoms with Crippen LogP contribution in [0.4, 0.5) is 0 Å². The summed E-state index contributed by atoms with van der Waals surface area (Å²) in [5, 5.41) is 3.28. The molecule has 1 atom stereocenters. The molecule has 0 aromatic carbocycles. The van der Waals surface area contributed by atoms with Gasteiger partial charge in [-0.05, 0) is 12.8 Å². The fourth-order valence-corrected chi connectivity index (χ4v) is 1.73. The van der Waals surface area contributed by atoms with Crippen LogP contribution in [0.1, 0.15) is 24.8 Å². The second kappa shape index (κ2) is 4.88. The average molecular weight is 234 g/mol. The zero-order valence-corrected chi connectivity index (χ0v) is 8.99. The molecule has 11 heavy (non-hydrogen) atoms. The summed E-state index contributed by atoms with van der Waals surface area (Å²) in [5.41, 5.74) is 0. The number of nitrogens with zero attached hydrogens (tertiary/aromatic N) is 1. The Morgan fingerprint density at radius 2 is 2.55 bits per heavy atom. The van der Waals surface area contributed by atoms with Crippen molar-refractivity contribution in [1.82, 2.24) is 4.98 Å². The lowest BCUT2D eigenvalue weighted by atomic mass is 10.2. The first-order chi connectivity index (χ1) is 5.33. The Balaban J connectivity index is 2.23. The third-order valence-electron chi connectivity index (χ3n) is 1.60. The molecular weight excluding hydrogens is 222 g/mol. The Bertz CT molecular complexity index is 186. The molecule has 0 radical (unpaired) electrons. The zero-order valence-electron chi connectivity index (χ0n) is 6.59. The van der Waals surface area contributed by atoms with Gasteiger partial charge >= 0.3 is 0 Å². The highest BCUT2D eigenvalue weighted by Gasteiger charge is 2.02. The smallest absolute Gasteiger partial charge is 0.0925 e. The summed E-state index contributed by atoms with van der Waals surface area (Å²) in [4.78, 5) is 4.88. The number of thiazole rings is 1. The van der Waals surface area contributed by atoms with Crippen molar-refractivity contribution < 1.29 is 0 Å². The van der Waals surface area contributed by atoms with Crippen molar-refractivity contribution >= 4 is 27.3 Å². The molecule has 62 valence electrons. The molecule has 3 heteroatoms. The van der Waals surface area contributed by atoms with E-state index in [1.807, 2.05) is 11.6 Å². The lowest BCUT2D eigenvalue weighted by Crippen LogP contribution is -1.97. The summed E-state index contributed by atoms with van der Waals surface area (Å²) >= 11 is 5.34. The lowest BCUT2D eigenvalue weighted by molar-refractivity contribution is 0.743. The molecule has 1 aromatic heterocycles. The van der Waals surface area contributed by atoms with Gasteiger partial charge in [-0.15, -0.1) is 11.3 Å². The molecule has 0 N–H and O–H groups in total. The van der Waals surface area contributed by atoms with Gasteiger partial charge in [-0.2, -0.15) is 0 Å². The molecule has 0 aliphatic rings. The molecule has 0 aliphatic heterocycles. The Labute approximate surface area is 80.0 Å². The van der Waals surface area contributed by atoms with E-state index in [9.17, 15) is 0 Å². The first-order valence-corrected chi connectivity index (χ1v) is 5.65. The van der Waals surface area contributed by atoms with Crippen LogP contribution in [0.15, 0.2) is 11.6 Å². The van der Waals surface area contributed by atoms with Crippen LogP contribution in [-0.4, -0.2) is 9.81 Å². The van der Waals surface area contributed by atoms with Gasteiger partial charge in [0, 0.05) is 22.8 Å². The van der Waals surface area contributed by atoms with Gasteiger partial charge in [-0.1, -0.05) is 22.9 Å². The summed E-state index contributed by atoms with van der Waals surface area (Å²) in [7, 11) is 0. The van der Waals surface area contributed by atoms with Gasteiger partial charge in [-0.25, -0.2) is 4.98 Å². The minimum atomic E-state index is 0.659. The van der Waals surface area contributed by atoms with Crippen LogP contribution in [0, 0.1) is 0 Å². The van der Waals surface area contributed by atoms with Gasteiger partial charge in [0.1, 0.15) is 0 Å². The third kappa shape index (κ3) is 3.34. The van der Waals surface area contributed by atoms with E-state index in [2.05, 4.69) is 27.8 Å². The van der Waals surface area contributed by atoms with Gasteiger partial charge in [0.25, 0.3) is 0 Å². The summed E-state index contributed by atoms with van der Waals surface area (Å²) in [6.07, 6.45) is 5.38. The van der Waals surface area contributed by atoms with Crippen LogP contribution in [0.25, 0.3) is 0 Å². The quantitative estimate of drug-likeness (QED) is 0.729. The summed E-state index contributed by atoms with van der Waals surface area (Å²) in [6.45, 7) is 2.20. The zero-order chi connectivity index (χ0) is 8.10. The molecule has 1 aromatic rings.